The van der Waals surface area contributed by atoms with Crippen LogP contribution in [0.3, 0.4) is 0 Å². The predicted octanol–water partition coefficient (Wildman–Crippen LogP) is 3.47. The summed E-state index contributed by atoms with van der Waals surface area (Å²) >= 11 is 1.42. The molecule has 0 aliphatic carbocycles. The number of carbonyl (C=O) groups is 2. The molecular formula is C21H22N2O4S. The maximum absolute atomic E-state index is 12.3. The Kier molecular flexibility index (Phi) is 6.60. The predicted molar refractivity (Wildman–Crippen MR) is 108 cm³/mol. The SMILES string of the molecule is CCOC(=O)CCn1c(=NC(=O)COc2ccccc2)sc2cc(C)ccc21. The summed E-state index contributed by atoms with van der Waals surface area (Å²) in [6, 6.07) is 15.2. The number of nitrogens with zero attached hydrogens (tertiary/aromatic N) is 2. The maximum atomic E-state index is 12.3. The zero-order chi connectivity index (χ0) is 19.9. The molecule has 1 amide bonds. The smallest absolute Gasteiger partial charge is 0.307 e. The Morgan fingerprint density at radius 2 is 1.93 bits per heavy atom. The van der Waals surface area contributed by atoms with Crippen LogP contribution in [0.15, 0.2) is 53.5 Å². The first-order chi connectivity index (χ1) is 13.6. The number of fused-ring (bicyclic) bond motifs is 1. The molecule has 1 heterocycles. The van der Waals surface area contributed by atoms with Gasteiger partial charge in [-0.1, -0.05) is 35.6 Å². The fourth-order valence-corrected chi connectivity index (χ4v) is 3.89. The number of hydrogen-bond acceptors (Lipinski definition) is 5. The number of aromatic nitrogens is 1. The second-order valence-electron chi connectivity index (χ2n) is 6.17. The Morgan fingerprint density at radius 3 is 2.68 bits per heavy atom. The minimum absolute atomic E-state index is 0.144. The van der Waals surface area contributed by atoms with Gasteiger partial charge in [0.25, 0.3) is 5.91 Å². The average molecular weight is 398 g/mol. The van der Waals surface area contributed by atoms with Crippen LogP contribution >= 0.6 is 11.3 Å². The van der Waals surface area contributed by atoms with Crippen LogP contribution in [0.2, 0.25) is 0 Å². The lowest BCUT2D eigenvalue weighted by molar-refractivity contribution is -0.143. The van der Waals surface area contributed by atoms with E-state index in [2.05, 4.69) is 4.99 Å². The van der Waals surface area contributed by atoms with Crippen LogP contribution in [0.5, 0.6) is 5.75 Å². The zero-order valence-electron chi connectivity index (χ0n) is 15.9. The van der Waals surface area contributed by atoms with Crippen LogP contribution in [-0.4, -0.2) is 29.7 Å². The molecular weight excluding hydrogens is 376 g/mol. The summed E-state index contributed by atoms with van der Waals surface area (Å²) in [6.45, 7) is 4.39. The molecule has 3 rings (SSSR count). The zero-order valence-corrected chi connectivity index (χ0v) is 16.7. The van der Waals surface area contributed by atoms with Gasteiger partial charge < -0.3 is 14.0 Å². The highest BCUT2D eigenvalue weighted by Gasteiger charge is 2.11. The van der Waals surface area contributed by atoms with Crippen molar-refractivity contribution in [3.8, 4) is 5.75 Å². The highest BCUT2D eigenvalue weighted by atomic mass is 32.1. The molecule has 28 heavy (non-hydrogen) atoms. The summed E-state index contributed by atoms with van der Waals surface area (Å²) in [7, 11) is 0. The van der Waals surface area contributed by atoms with E-state index in [4.69, 9.17) is 9.47 Å². The summed E-state index contributed by atoms with van der Waals surface area (Å²) in [6.07, 6.45) is 0.218. The van der Waals surface area contributed by atoms with E-state index in [1.807, 2.05) is 47.9 Å². The van der Waals surface area contributed by atoms with E-state index in [-0.39, 0.29) is 24.9 Å². The number of benzene rings is 2. The number of esters is 1. The molecule has 146 valence electrons. The molecule has 0 unspecified atom stereocenters. The van der Waals surface area contributed by atoms with E-state index in [0.717, 1.165) is 15.8 Å². The van der Waals surface area contributed by atoms with E-state index >= 15 is 0 Å². The summed E-state index contributed by atoms with van der Waals surface area (Å²) in [5.74, 6) is -0.0311. The number of thiazole rings is 1. The van der Waals surface area contributed by atoms with Gasteiger partial charge in [0.05, 0.1) is 23.2 Å². The standard InChI is InChI=1S/C21H22N2O4S/c1-3-26-20(25)11-12-23-17-10-9-15(2)13-18(17)28-21(23)22-19(24)14-27-16-7-5-4-6-8-16/h4-10,13H,3,11-12,14H2,1-2H3. The Balaban J connectivity index is 1.85. The van der Waals surface area contributed by atoms with Crippen LogP contribution in [0.25, 0.3) is 10.2 Å². The molecule has 0 spiro atoms. The first-order valence-corrected chi connectivity index (χ1v) is 9.89. The number of carbonyl (C=O) groups excluding carboxylic acids is 2. The van der Waals surface area contributed by atoms with Gasteiger partial charge in [-0.2, -0.15) is 4.99 Å². The first kappa shape index (κ1) is 19.8. The first-order valence-electron chi connectivity index (χ1n) is 9.08. The molecule has 0 N–H and O–H groups in total. The van der Waals surface area contributed by atoms with Crippen LogP contribution in [0, 0.1) is 6.92 Å². The topological polar surface area (TPSA) is 69.9 Å². The quantitative estimate of drug-likeness (QED) is 0.572. The van der Waals surface area contributed by atoms with E-state index in [1.54, 1.807) is 19.1 Å². The van der Waals surface area contributed by atoms with Gasteiger partial charge in [-0.3, -0.25) is 9.59 Å². The van der Waals surface area contributed by atoms with E-state index < -0.39 is 0 Å². The fourth-order valence-electron chi connectivity index (χ4n) is 2.72. The van der Waals surface area contributed by atoms with Crippen LogP contribution in [0.4, 0.5) is 0 Å². The average Bonchev–Trinajstić information content (AvgIpc) is 3.01. The Hall–Kier alpha value is -2.93. The van der Waals surface area contributed by atoms with Gasteiger partial charge in [-0.15, -0.1) is 0 Å². The third kappa shape index (κ3) is 5.07. The number of para-hydroxylation sites is 1. The summed E-state index contributed by atoms with van der Waals surface area (Å²) < 4.78 is 13.4. The Bertz CT molecular complexity index is 1040. The molecule has 7 heteroatoms. The van der Waals surface area contributed by atoms with Gasteiger partial charge in [0.15, 0.2) is 11.4 Å². The molecule has 6 nitrogen and oxygen atoms in total. The van der Waals surface area contributed by atoms with Crippen molar-refractivity contribution in [2.24, 2.45) is 4.99 Å². The molecule has 0 aliphatic heterocycles. The minimum atomic E-state index is -0.378. The third-order valence-corrected chi connectivity index (χ3v) is 5.05. The Morgan fingerprint density at radius 1 is 1.14 bits per heavy atom. The van der Waals surface area contributed by atoms with Crippen molar-refractivity contribution < 1.29 is 19.1 Å². The fraction of sp³-hybridized carbons (Fsp3) is 0.286. The molecule has 2 aromatic carbocycles. The Labute approximate surface area is 167 Å². The largest absolute Gasteiger partial charge is 0.484 e. The van der Waals surface area contributed by atoms with E-state index in [0.29, 0.717) is 23.7 Å². The third-order valence-electron chi connectivity index (χ3n) is 4.01. The minimum Gasteiger partial charge on any atom is -0.484 e. The van der Waals surface area contributed by atoms with Crippen molar-refractivity contribution in [3.05, 3.63) is 58.9 Å². The van der Waals surface area contributed by atoms with Gasteiger partial charge in [0.1, 0.15) is 5.75 Å². The number of rotatable bonds is 7. The second kappa shape index (κ2) is 9.32. The lowest BCUT2D eigenvalue weighted by Gasteiger charge is -2.06. The van der Waals surface area contributed by atoms with Crippen molar-refractivity contribution in [2.45, 2.75) is 26.8 Å². The van der Waals surface area contributed by atoms with E-state index in [9.17, 15) is 9.59 Å². The lowest BCUT2D eigenvalue weighted by Crippen LogP contribution is -2.21. The molecule has 3 aromatic rings. The van der Waals surface area contributed by atoms with Crippen LogP contribution in [-0.2, 0) is 20.9 Å². The monoisotopic (exact) mass is 398 g/mol. The van der Waals surface area contributed by atoms with Crippen molar-refractivity contribution in [3.63, 3.8) is 0 Å². The summed E-state index contributed by atoms with van der Waals surface area (Å²) in [5, 5.41) is 0. The molecule has 0 saturated carbocycles. The van der Waals surface area contributed by atoms with Gasteiger partial charge in [-0.25, -0.2) is 0 Å². The summed E-state index contributed by atoms with van der Waals surface area (Å²) in [4.78, 5) is 28.9. The van der Waals surface area contributed by atoms with Crippen molar-refractivity contribution in [1.29, 1.82) is 0 Å². The molecule has 0 radical (unpaired) electrons. The van der Waals surface area contributed by atoms with Crippen LogP contribution in [0.1, 0.15) is 18.9 Å². The lowest BCUT2D eigenvalue weighted by atomic mass is 10.2. The molecule has 0 bridgehead atoms. The molecule has 0 atom stereocenters. The maximum Gasteiger partial charge on any atom is 0.307 e. The second-order valence-corrected chi connectivity index (χ2v) is 7.18. The van der Waals surface area contributed by atoms with Crippen molar-refractivity contribution in [2.75, 3.05) is 13.2 Å². The van der Waals surface area contributed by atoms with Gasteiger partial charge in [0, 0.05) is 6.54 Å². The van der Waals surface area contributed by atoms with E-state index in [1.165, 1.54) is 11.3 Å². The highest BCUT2D eigenvalue weighted by Crippen LogP contribution is 2.19. The summed E-state index contributed by atoms with van der Waals surface area (Å²) in [5.41, 5.74) is 2.06. The number of ether oxygens (including phenoxy) is 2. The van der Waals surface area contributed by atoms with Crippen LogP contribution < -0.4 is 9.54 Å². The van der Waals surface area contributed by atoms with Gasteiger partial charge in [-0.05, 0) is 43.7 Å². The van der Waals surface area contributed by atoms with Gasteiger partial charge in [0.2, 0.25) is 0 Å². The van der Waals surface area contributed by atoms with Gasteiger partial charge >= 0.3 is 5.97 Å². The normalized spacial score (nSPS) is 11.6. The molecule has 1 aromatic heterocycles. The van der Waals surface area contributed by atoms with Crippen molar-refractivity contribution in [1.82, 2.24) is 4.57 Å². The number of amides is 1. The highest BCUT2D eigenvalue weighted by molar-refractivity contribution is 7.16. The molecule has 0 fully saturated rings. The van der Waals surface area contributed by atoms with Crippen molar-refractivity contribution >= 4 is 33.4 Å². The number of hydrogen-bond donors (Lipinski definition) is 0. The molecule has 0 saturated heterocycles. The number of aryl methyl sites for hydroxylation is 2. The molecule has 0 aliphatic rings.